The highest BCUT2D eigenvalue weighted by atomic mass is 32.2. The highest BCUT2D eigenvalue weighted by Crippen LogP contribution is 2.21. The van der Waals surface area contributed by atoms with Crippen LogP contribution in [0.5, 0.6) is 5.75 Å². The Balaban J connectivity index is 1.88. The van der Waals surface area contributed by atoms with E-state index in [1.807, 2.05) is 24.3 Å². The van der Waals surface area contributed by atoms with Crippen LogP contribution in [0, 0.1) is 0 Å². The number of benzene rings is 2. The third-order valence-corrected chi connectivity index (χ3v) is 4.74. The Labute approximate surface area is 147 Å². The molecule has 0 aliphatic carbocycles. The van der Waals surface area contributed by atoms with Crippen LogP contribution in [0.15, 0.2) is 53.4 Å². The molecule has 0 aliphatic heterocycles. The smallest absolute Gasteiger partial charge is 0.294 e. The van der Waals surface area contributed by atoms with Crippen molar-refractivity contribution in [1.82, 2.24) is 0 Å². The van der Waals surface area contributed by atoms with E-state index >= 15 is 0 Å². The third kappa shape index (κ3) is 5.58. The maximum atomic E-state index is 11.9. The molecule has 0 bridgehead atoms. The predicted octanol–water partition coefficient (Wildman–Crippen LogP) is 3.46. The number of nitrogens with one attached hydrogen (secondary N) is 1. The molecule has 7 heteroatoms. The standard InChI is InChI=1S/C18H21NO5S/c1-3-13(2)14-4-8-16(9-5-14)24-12-18(20)19-15-6-10-17(11-7-15)25(21,22)23/h4-11,13H,3,12H2,1-2H3,(H,19,20)(H,21,22,23). The summed E-state index contributed by atoms with van der Waals surface area (Å²) in [6.07, 6.45) is 1.05. The molecular formula is C18H21NO5S. The predicted molar refractivity (Wildman–Crippen MR) is 95.5 cm³/mol. The second kappa shape index (κ2) is 8.13. The van der Waals surface area contributed by atoms with Gasteiger partial charge in [0.15, 0.2) is 6.61 Å². The zero-order valence-corrected chi connectivity index (χ0v) is 14.9. The molecule has 2 aromatic carbocycles. The van der Waals surface area contributed by atoms with Gasteiger partial charge in [-0.2, -0.15) is 8.42 Å². The van der Waals surface area contributed by atoms with E-state index in [0.29, 0.717) is 17.4 Å². The lowest BCUT2D eigenvalue weighted by molar-refractivity contribution is -0.118. The average Bonchev–Trinajstić information content (AvgIpc) is 2.59. The lowest BCUT2D eigenvalue weighted by atomic mass is 9.99. The normalized spacial score (nSPS) is 12.4. The molecule has 0 aliphatic rings. The Hall–Kier alpha value is -2.38. The molecule has 25 heavy (non-hydrogen) atoms. The summed E-state index contributed by atoms with van der Waals surface area (Å²) in [7, 11) is -4.24. The molecule has 0 spiro atoms. The van der Waals surface area contributed by atoms with Crippen molar-refractivity contribution in [2.45, 2.75) is 31.1 Å². The van der Waals surface area contributed by atoms with Crippen LogP contribution in [0.3, 0.4) is 0 Å². The Morgan fingerprint density at radius 1 is 1.12 bits per heavy atom. The van der Waals surface area contributed by atoms with Gasteiger partial charge in [0.25, 0.3) is 16.0 Å². The number of carbonyl (C=O) groups is 1. The van der Waals surface area contributed by atoms with E-state index < -0.39 is 10.1 Å². The fourth-order valence-corrected chi connectivity index (χ4v) is 2.66. The molecule has 1 amide bonds. The first-order valence-electron chi connectivity index (χ1n) is 7.89. The fourth-order valence-electron chi connectivity index (χ4n) is 2.18. The van der Waals surface area contributed by atoms with E-state index in [-0.39, 0.29) is 17.4 Å². The second-order valence-corrected chi connectivity index (χ2v) is 7.14. The summed E-state index contributed by atoms with van der Waals surface area (Å²) in [5.74, 6) is 0.706. The largest absolute Gasteiger partial charge is 0.484 e. The quantitative estimate of drug-likeness (QED) is 0.735. The van der Waals surface area contributed by atoms with Crippen molar-refractivity contribution in [2.75, 3.05) is 11.9 Å². The summed E-state index contributed by atoms with van der Waals surface area (Å²) in [4.78, 5) is 11.7. The first-order chi connectivity index (χ1) is 11.8. The van der Waals surface area contributed by atoms with Crippen LogP contribution in [-0.2, 0) is 14.9 Å². The van der Waals surface area contributed by atoms with Crippen molar-refractivity contribution < 1.29 is 22.5 Å². The first-order valence-corrected chi connectivity index (χ1v) is 9.33. The molecule has 0 aromatic heterocycles. The lowest BCUT2D eigenvalue weighted by Gasteiger charge is -2.11. The number of hydrogen-bond acceptors (Lipinski definition) is 4. The molecule has 1 unspecified atom stereocenters. The lowest BCUT2D eigenvalue weighted by Crippen LogP contribution is -2.20. The minimum atomic E-state index is -4.24. The molecule has 2 N–H and O–H groups in total. The highest BCUT2D eigenvalue weighted by Gasteiger charge is 2.10. The van der Waals surface area contributed by atoms with E-state index in [0.717, 1.165) is 6.42 Å². The van der Waals surface area contributed by atoms with Gasteiger partial charge in [-0.05, 0) is 54.3 Å². The monoisotopic (exact) mass is 363 g/mol. The summed E-state index contributed by atoms with van der Waals surface area (Å²) >= 11 is 0. The summed E-state index contributed by atoms with van der Waals surface area (Å²) in [5, 5.41) is 2.59. The van der Waals surface area contributed by atoms with Gasteiger partial charge in [-0.3, -0.25) is 9.35 Å². The Bertz CT molecular complexity index is 814. The van der Waals surface area contributed by atoms with Gasteiger partial charge in [0.1, 0.15) is 5.75 Å². The molecule has 2 aromatic rings. The first kappa shape index (κ1) is 19.0. The van der Waals surface area contributed by atoms with Gasteiger partial charge >= 0.3 is 0 Å². The van der Waals surface area contributed by atoms with Crippen LogP contribution < -0.4 is 10.1 Å². The Morgan fingerprint density at radius 3 is 2.24 bits per heavy atom. The molecule has 0 saturated heterocycles. The Kier molecular flexibility index (Phi) is 6.17. The van der Waals surface area contributed by atoms with Gasteiger partial charge in [0.2, 0.25) is 0 Å². The molecule has 134 valence electrons. The molecule has 0 fully saturated rings. The Morgan fingerprint density at radius 2 is 1.72 bits per heavy atom. The van der Waals surface area contributed by atoms with Crippen LogP contribution in [0.25, 0.3) is 0 Å². The van der Waals surface area contributed by atoms with Crippen molar-refractivity contribution in [3.8, 4) is 5.75 Å². The van der Waals surface area contributed by atoms with Gasteiger partial charge in [-0.15, -0.1) is 0 Å². The van der Waals surface area contributed by atoms with Crippen LogP contribution in [0.1, 0.15) is 31.7 Å². The van der Waals surface area contributed by atoms with E-state index in [1.165, 1.54) is 29.8 Å². The van der Waals surface area contributed by atoms with Crippen LogP contribution in [0.2, 0.25) is 0 Å². The SMILES string of the molecule is CCC(C)c1ccc(OCC(=O)Nc2ccc(S(=O)(=O)O)cc2)cc1. The maximum Gasteiger partial charge on any atom is 0.294 e. The topological polar surface area (TPSA) is 92.7 Å². The van der Waals surface area contributed by atoms with Crippen molar-refractivity contribution in [2.24, 2.45) is 0 Å². The molecule has 0 radical (unpaired) electrons. The van der Waals surface area contributed by atoms with Crippen molar-refractivity contribution in [3.05, 3.63) is 54.1 Å². The number of ether oxygens (including phenoxy) is 1. The minimum absolute atomic E-state index is 0.164. The molecule has 2 rings (SSSR count). The summed E-state index contributed by atoms with van der Waals surface area (Å²) < 4.78 is 36.3. The summed E-state index contributed by atoms with van der Waals surface area (Å²) in [5.41, 5.74) is 1.63. The third-order valence-electron chi connectivity index (χ3n) is 3.87. The molecule has 6 nitrogen and oxygen atoms in total. The molecular weight excluding hydrogens is 342 g/mol. The number of rotatable bonds is 7. The number of hydrogen-bond donors (Lipinski definition) is 2. The van der Waals surface area contributed by atoms with Crippen LogP contribution in [0.4, 0.5) is 5.69 Å². The minimum Gasteiger partial charge on any atom is -0.484 e. The van der Waals surface area contributed by atoms with Gasteiger partial charge < -0.3 is 10.1 Å². The van der Waals surface area contributed by atoms with Gasteiger partial charge in [-0.25, -0.2) is 0 Å². The van der Waals surface area contributed by atoms with Crippen molar-refractivity contribution in [3.63, 3.8) is 0 Å². The van der Waals surface area contributed by atoms with Crippen molar-refractivity contribution >= 4 is 21.7 Å². The summed E-state index contributed by atoms with van der Waals surface area (Å²) in [6, 6.07) is 12.8. The number of carbonyl (C=O) groups excluding carboxylic acids is 1. The van der Waals surface area contributed by atoms with Gasteiger partial charge in [0.05, 0.1) is 4.90 Å². The zero-order chi connectivity index (χ0) is 18.4. The average molecular weight is 363 g/mol. The molecule has 1 atom stereocenters. The molecule has 0 heterocycles. The maximum absolute atomic E-state index is 11.9. The second-order valence-electron chi connectivity index (χ2n) is 5.71. The van der Waals surface area contributed by atoms with E-state index in [1.54, 1.807) is 0 Å². The van der Waals surface area contributed by atoms with E-state index in [4.69, 9.17) is 9.29 Å². The zero-order valence-electron chi connectivity index (χ0n) is 14.1. The van der Waals surface area contributed by atoms with E-state index in [2.05, 4.69) is 19.2 Å². The fraction of sp³-hybridized carbons (Fsp3) is 0.278. The van der Waals surface area contributed by atoms with E-state index in [9.17, 15) is 13.2 Å². The van der Waals surface area contributed by atoms with Crippen molar-refractivity contribution in [1.29, 1.82) is 0 Å². The highest BCUT2D eigenvalue weighted by molar-refractivity contribution is 7.85. The van der Waals surface area contributed by atoms with Gasteiger partial charge in [-0.1, -0.05) is 26.0 Å². The van der Waals surface area contributed by atoms with Crippen LogP contribution >= 0.6 is 0 Å². The molecule has 0 saturated carbocycles. The van der Waals surface area contributed by atoms with Gasteiger partial charge in [0, 0.05) is 5.69 Å². The number of amides is 1. The van der Waals surface area contributed by atoms with Crippen LogP contribution in [-0.4, -0.2) is 25.5 Å². The summed E-state index contributed by atoms with van der Waals surface area (Å²) in [6.45, 7) is 4.11. The number of anilines is 1.